The van der Waals surface area contributed by atoms with Crippen molar-refractivity contribution in [3.8, 4) is 0 Å². The summed E-state index contributed by atoms with van der Waals surface area (Å²) in [5, 5.41) is 0. The Morgan fingerprint density at radius 3 is 1.21 bits per heavy atom. The van der Waals surface area contributed by atoms with E-state index >= 15 is 0 Å². The second kappa shape index (κ2) is 11.8. The molecule has 0 aromatic carbocycles. The van der Waals surface area contributed by atoms with Gasteiger partial charge in [0.2, 0.25) is 0 Å². The van der Waals surface area contributed by atoms with Crippen molar-refractivity contribution in [2.45, 2.75) is 113 Å². The average Bonchev–Trinajstić information content (AvgIpc) is 2.70. The van der Waals surface area contributed by atoms with Crippen LogP contribution in [0.4, 0.5) is 0 Å². The van der Waals surface area contributed by atoms with Gasteiger partial charge in [0.05, 0.1) is 23.1 Å². The van der Waals surface area contributed by atoms with Gasteiger partial charge in [-0.15, -0.1) is 0 Å². The van der Waals surface area contributed by atoms with Crippen LogP contribution in [0, 0.1) is 0 Å². The monoisotopic (exact) mass is 551 g/mol. The molecule has 0 aromatic heterocycles. The molecule has 3 rings (SSSR count). The summed E-state index contributed by atoms with van der Waals surface area (Å²) < 4.78 is 0. The molecule has 0 heterocycles. The molecule has 3 aliphatic carbocycles. The summed E-state index contributed by atoms with van der Waals surface area (Å²) in [5.41, 5.74) is 3.39. The fourth-order valence-corrected chi connectivity index (χ4v) is 13.4. The summed E-state index contributed by atoms with van der Waals surface area (Å²) in [4.78, 5) is 0. The first-order valence-corrected chi connectivity index (χ1v) is 15.5. The first-order chi connectivity index (χ1) is 11.9. The third-order valence-corrected chi connectivity index (χ3v) is 13.7. The zero-order chi connectivity index (χ0) is 17.3. The Morgan fingerprint density at radius 2 is 0.958 bits per heavy atom. The fraction of sp³-hybridized carbons (Fsp3) is 0.905. The Bertz CT molecular complexity index is 296. The van der Waals surface area contributed by atoms with Crippen LogP contribution in [0.3, 0.4) is 0 Å². The molecule has 0 aromatic rings. The van der Waals surface area contributed by atoms with Crippen LogP contribution in [0.25, 0.3) is 0 Å². The maximum absolute atomic E-state index is 4.61. The van der Waals surface area contributed by atoms with E-state index in [9.17, 15) is 0 Å². The van der Waals surface area contributed by atoms with Crippen LogP contribution in [-0.4, -0.2) is 23.1 Å². The van der Waals surface area contributed by atoms with E-state index in [1.165, 1.54) is 63.9 Å². The van der Waals surface area contributed by atoms with Gasteiger partial charge in [-0.3, -0.25) is 0 Å². The van der Waals surface area contributed by atoms with Crippen molar-refractivity contribution in [3.63, 3.8) is 0 Å². The second-order valence-corrected chi connectivity index (χ2v) is 12.9. The van der Waals surface area contributed by atoms with E-state index in [0.29, 0.717) is 0 Å². The van der Waals surface area contributed by atoms with Crippen LogP contribution >= 0.6 is 16.7 Å². The quantitative estimate of drug-likeness (QED) is 0.241. The van der Waals surface area contributed by atoms with Gasteiger partial charge in [0.15, 0.2) is 0 Å². The van der Waals surface area contributed by atoms with Gasteiger partial charge in [0.1, 0.15) is 0 Å². The van der Waals surface area contributed by atoms with Crippen molar-refractivity contribution < 1.29 is 18.8 Å². The van der Waals surface area contributed by atoms with Crippen molar-refractivity contribution in [2.75, 3.05) is 6.16 Å². The van der Waals surface area contributed by atoms with E-state index in [2.05, 4.69) is 22.1 Å². The van der Waals surface area contributed by atoms with Gasteiger partial charge in [-0.2, -0.15) is 0 Å². The van der Waals surface area contributed by atoms with Gasteiger partial charge in [0.25, 0.3) is 0 Å². The van der Waals surface area contributed by atoms with Crippen molar-refractivity contribution in [2.24, 2.45) is 0 Å². The number of hydrogen-bond acceptors (Lipinski definition) is 0. The first-order valence-electron chi connectivity index (χ1n) is 10.5. The van der Waals surface area contributed by atoms with Gasteiger partial charge >= 0.3 is 28.2 Å². The molecule has 0 bridgehead atoms. The minimum absolute atomic E-state index is 0.840. The number of halogens is 1. The summed E-state index contributed by atoms with van der Waals surface area (Å²) >= 11 is 1.61. The number of rotatable bonds is 5. The third-order valence-electron chi connectivity index (χ3n) is 7.21. The van der Waals surface area contributed by atoms with Crippen LogP contribution in [0.2, 0.25) is 0 Å². The molecular weight excluding hydrogens is 514 g/mol. The van der Waals surface area contributed by atoms with Gasteiger partial charge in [-0.25, -0.2) is 0 Å². The first kappa shape index (κ1) is 21.4. The predicted octanol–water partition coefficient (Wildman–Crippen LogP) is 7.88. The Kier molecular flexibility index (Phi) is 10.5. The van der Waals surface area contributed by atoms with Crippen molar-refractivity contribution >= 4 is 16.7 Å². The molecule has 0 spiro atoms. The normalized spacial score (nSPS) is 25.0. The Hall–Kier alpha value is 1.15. The summed E-state index contributed by atoms with van der Waals surface area (Å²) in [5.74, 6) is 0. The Balaban J connectivity index is 0.00000100. The van der Waals surface area contributed by atoms with E-state index in [1.807, 2.05) is 0 Å². The Morgan fingerprint density at radius 1 is 0.667 bits per heavy atom. The number of allylic oxidation sites excluding steroid dienone is 1. The summed E-state index contributed by atoms with van der Waals surface area (Å²) in [6.07, 6.45) is 27.0. The molecule has 0 unspecified atom stereocenters. The Labute approximate surface area is 167 Å². The molecule has 3 saturated carbocycles. The topological polar surface area (TPSA) is 0 Å². The zero-order valence-corrected chi connectivity index (χ0v) is 19.4. The molecule has 0 N–H and O–H groups in total. The molecule has 24 heavy (non-hydrogen) atoms. The van der Waals surface area contributed by atoms with Crippen molar-refractivity contribution in [1.82, 2.24) is 0 Å². The standard InChI is InChI=1S/C21H38P.ClH.Pt/c1-2-18-22(19-12-6-3-7-13-19,20-14-8-4-9-15-20)21-16-10-5-11-17-21;;/h2,19-21H,1,3-18H2;1H;/q+1;;+1/p-1. The number of hydrogen-bond donors (Lipinski definition) is 0. The minimum atomic E-state index is -0.840. The van der Waals surface area contributed by atoms with Crippen LogP contribution in [0.1, 0.15) is 96.3 Å². The van der Waals surface area contributed by atoms with Crippen LogP contribution < -0.4 is 0 Å². The SMILES string of the molecule is C=CC[P+](C1CCCCC1)(C1CCCCC1)C1CCCCC1.[Cl][Pt]. The fourth-order valence-electron chi connectivity index (χ4n) is 6.25. The molecule has 0 saturated heterocycles. The molecule has 0 amide bonds. The molecule has 0 atom stereocenters. The van der Waals surface area contributed by atoms with Gasteiger partial charge in [0, 0.05) is 7.26 Å². The van der Waals surface area contributed by atoms with Crippen molar-refractivity contribution in [3.05, 3.63) is 12.7 Å². The molecule has 3 fully saturated rings. The van der Waals surface area contributed by atoms with Crippen LogP contribution in [0.15, 0.2) is 12.7 Å². The molecular formula is C21H38ClPPt+. The molecule has 0 aliphatic heterocycles. The second-order valence-electron chi connectivity index (χ2n) is 8.34. The summed E-state index contributed by atoms with van der Waals surface area (Å²) in [7, 11) is 3.77. The van der Waals surface area contributed by atoms with E-state index in [-0.39, 0.29) is 0 Å². The van der Waals surface area contributed by atoms with E-state index in [1.54, 1.807) is 57.3 Å². The molecule has 143 valence electrons. The molecule has 0 nitrogen and oxygen atoms in total. The molecule has 3 aliphatic rings. The van der Waals surface area contributed by atoms with Gasteiger partial charge in [-0.1, -0.05) is 31.9 Å². The average molecular weight is 552 g/mol. The summed E-state index contributed by atoms with van der Waals surface area (Å²) in [6.45, 7) is 4.26. The van der Waals surface area contributed by atoms with E-state index < -0.39 is 7.26 Å². The van der Waals surface area contributed by atoms with Crippen LogP contribution in [-0.2, 0) is 18.8 Å². The third kappa shape index (κ3) is 5.11. The predicted molar refractivity (Wildman–Crippen MR) is 108 cm³/mol. The maximum atomic E-state index is 4.61. The van der Waals surface area contributed by atoms with Crippen LogP contribution in [0.5, 0.6) is 0 Å². The molecule has 3 heteroatoms. The van der Waals surface area contributed by atoms with Crippen molar-refractivity contribution in [1.29, 1.82) is 0 Å². The summed E-state index contributed by atoms with van der Waals surface area (Å²) in [6, 6.07) is 0. The molecule has 0 radical (unpaired) electrons. The zero-order valence-electron chi connectivity index (χ0n) is 15.5. The van der Waals surface area contributed by atoms with E-state index in [0.717, 1.165) is 17.0 Å². The van der Waals surface area contributed by atoms with Gasteiger partial charge in [-0.05, 0) is 77.0 Å². The van der Waals surface area contributed by atoms with Gasteiger partial charge < -0.3 is 0 Å². The van der Waals surface area contributed by atoms with E-state index in [4.69, 9.17) is 0 Å².